The summed E-state index contributed by atoms with van der Waals surface area (Å²) >= 11 is 0. The fourth-order valence-electron chi connectivity index (χ4n) is 3.26. The number of benzene rings is 2. The van der Waals surface area contributed by atoms with Crippen molar-refractivity contribution in [1.82, 2.24) is 14.5 Å². The lowest BCUT2D eigenvalue weighted by atomic mass is 10.1. The molecule has 2 aromatic carbocycles. The zero-order valence-electron chi connectivity index (χ0n) is 15.1. The molecule has 0 aliphatic carbocycles. The first-order valence-electron chi connectivity index (χ1n) is 8.89. The van der Waals surface area contributed by atoms with Gasteiger partial charge in [0.1, 0.15) is 0 Å². The zero-order valence-corrected chi connectivity index (χ0v) is 15.1. The molecule has 6 heteroatoms. The number of imidazole rings is 1. The molecule has 27 heavy (non-hydrogen) atoms. The maximum absolute atomic E-state index is 12.5. The summed E-state index contributed by atoms with van der Waals surface area (Å²) in [6.45, 7) is 2.89. The third kappa shape index (κ3) is 3.46. The van der Waals surface area contributed by atoms with Gasteiger partial charge in [0.05, 0.1) is 18.6 Å². The van der Waals surface area contributed by atoms with Crippen molar-refractivity contribution in [2.24, 2.45) is 0 Å². The minimum Gasteiger partial charge on any atom is -0.328 e. The molecule has 0 fully saturated rings. The van der Waals surface area contributed by atoms with E-state index in [1.165, 1.54) is 5.56 Å². The highest BCUT2D eigenvalue weighted by Crippen LogP contribution is 2.22. The molecule has 1 aromatic heterocycles. The summed E-state index contributed by atoms with van der Waals surface area (Å²) in [6.07, 6.45) is 2.45. The van der Waals surface area contributed by atoms with Crippen molar-refractivity contribution in [2.75, 3.05) is 11.9 Å². The Morgan fingerprint density at radius 1 is 1.04 bits per heavy atom. The Labute approximate surface area is 157 Å². The van der Waals surface area contributed by atoms with Crippen LogP contribution in [0.3, 0.4) is 0 Å². The number of carbonyl (C=O) groups is 2. The maximum Gasteiger partial charge on any atom is 0.313 e. The summed E-state index contributed by atoms with van der Waals surface area (Å²) in [7, 11) is 0. The molecule has 1 aliphatic rings. The molecular weight excluding hydrogens is 340 g/mol. The predicted octanol–water partition coefficient (Wildman–Crippen LogP) is 2.70. The quantitative estimate of drug-likeness (QED) is 0.715. The normalized spacial score (nSPS) is 13.1. The number of aromatic nitrogens is 2. The molecule has 136 valence electrons. The van der Waals surface area contributed by atoms with E-state index < -0.39 is 11.8 Å². The van der Waals surface area contributed by atoms with Crippen LogP contribution in [0.5, 0.6) is 0 Å². The average molecular weight is 360 g/mol. The monoisotopic (exact) mass is 360 g/mol. The molecule has 0 spiro atoms. The molecule has 6 nitrogen and oxygen atoms in total. The van der Waals surface area contributed by atoms with Crippen LogP contribution < -0.4 is 5.32 Å². The van der Waals surface area contributed by atoms with Gasteiger partial charge in [-0.2, -0.15) is 0 Å². The standard InChI is InChI=1S/C21H20N4O2/c1-15-7-9-17(10-8-15)25-14-22-18-13-24(12-11-19(18)25)21(27)20(26)23-16-5-3-2-4-6-16/h2-10,14H,11-13H2,1H3,(H,23,26). The van der Waals surface area contributed by atoms with Crippen LogP contribution in [0.4, 0.5) is 5.69 Å². The molecule has 1 N–H and O–H groups in total. The van der Waals surface area contributed by atoms with E-state index >= 15 is 0 Å². The summed E-state index contributed by atoms with van der Waals surface area (Å²) in [5.41, 5.74) is 4.79. The van der Waals surface area contributed by atoms with Gasteiger partial charge in [0.15, 0.2) is 0 Å². The van der Waals surface area contributed by atoms with Crippen LogP contribution in [-0.4, -0.2) is 32.8 Å². The summed E-state index contributed by atoms with van der Waals surface area (Å²) < 4.78 is 2.06. The number of nitrogens with zero attached hydrogens (tertiary/aromatic N) is 3. The number of nitrogens with one attached hydrogen (secondary N) is 1. The van der Waals surface area contributed by atoms with Gasteiger partial charge in [0.25, 0.3) is 0 Å². The Balaban J connectivity index is 1.48. The number of hydrogen-bond acceptors (Lipinski definition) is 3. The van der Waals surface area contributed by atoms with Gasteiger partial charge >= 0.3 is 11.8 Å². The van der Waals surface area contributed by atoms with Gasteiger partial charge in [-0.15, -0.1) is 0 Å². The van der Waals surface area contributed by atoms with E-state index in [-0.39, 0.29) is 0 Å². The Morgan fingerprint density at radius 3 is 2.52 bits per heavy atom. The molecule has 0 atom stereocenters. The number of para-hydroxylation sites is 1. The third-order valence-corrected chi connectivity index (χ3v) is 4.74. The summed E-state index contributed by atoms with van der Waals surface area (Å²) in [6, 6.07) is 17.2. The Hall–Kier alpha value is -3.41. The first kappa shape index (κ1) is 17.0. The van der Waals surface area contributed by atoms with Gasteiger partial charge in [-0.25, -0.2) is 4.98 Å². The van der Waals surface area contributed by atoms with E-state index in [1.54, 1.807) is 23.4 Å². The lowest BCUT2D eigenvalue weighted by Gasteiger charge is -2.26. The Kier molecular flexibility index (Phi) is 4.46. The van der Waals surface area contributed by atoms with Crippen LogP contribution in [-0.2, 0) is 22.6 Å². The van der Waals surface area contributed by atoms with Gasteiger partial charge < -0.3 is 14.8 Å². The lowest BCUT2D eigenvalue weighted by Crippen LogP contribution is -2.42. The fourth-order valence-corrected chi connectivity index (χ4v) is 3.26. The summed E-state index contributed by atoms with van der Waals surface area (Å²) in [5, 5.41) is 2.64. The van der Waals surface area contributed by atoms with E-state index in [4.69, 9.17) is 0 Å². The van der Waals surface area contributed by atoms with Crippen molar-refractivity contribution in [2.45, 2.75) is 19.9 Å². The molecular formula is C21H20N4O2. The number of amides is 2. The molecule has 2 heterocycles. The molecule has 0 saturated heterocycles. The SMILES string of the molecule is Cc1ccc(-n2cnc3c2CCN(C(=O)C(=O)Nc2ccccc2)C3)cc1. The van der Waals surface area contributed by atoms with Crippen molar-refractivity contribution >= 4 is 17.5 Å². The maximum atomic E-state index is 12.5. The first-order valence-corrected chi connectivity index (χ1v) is 8.89. The number of fused-ring (bicyclic) bond motifs is 1. The minimum atomic E-state index is -0.623. The van der Waals surface area contributed by atoms with Crippen molar-refractivity contribution < 1.29 is 9.59 Å². The molecule has 1 aliphatic heterocycles. The molecule has 0 radical (unpaired) electrons. The van der Waals surface area contributed by atoms with Crippen LogP contribution >= 0.6 is 0 Å². The van der Waals surface area contributed by atoms with Crippen LogP contribution in [0.25, 0.3) is 5.69 Å². The highest BCUT2D eigenvalue weighted by atomic mass is 16.2. The molecule has 2 amide bonds. The smallest absolute Gasteiger partial charge is 0.313 e. The second-order valence-electron chi connectivity index (χ2n) is 6.64. The van der Waals surface area contributed by atoms with Gasteiger partial charge in [-0.3, -0.25) is 9.59 Å². The van der Waals surface area contributed by atoms with Crippen LogP contribution in [0.1, 0.15) is 17.0 Å². The fraction of sp³-hybridized carbons (Fsp3) is 0.190. The number of carbonyl (C=O) groups excluding carboxylic acids is 2. The highest BCUT2D eigenvalue weighted by Gasteiger charge is 2.28. The molecule has 3 aromatic rings. The van der Waals surface area contributed by atoms with Crippen LogP contribution in [0.15, 0.2) is 60.9 Å². The van der Waals surface area contributed by atoms with Gasteiger partial charge in [0.2, 0.25) is 0 Å². The number of rotatable bonds is 2. The van der Waals surface area contributed by atoms with Gasteiger partial charge in [0, 0.05) is 30.0 Å². The van der Waals surface area contributed by atoms with E-state index in [1.807, 2.05) is 18.2 Å². The molecule has 4 rings (SSSR count). The second-order valence-corrected chi connectivity index (χ2v) is 6.64. The number of hydrogen-bond donors (Lipinski definition) is 1. The lowest BCUT2D eigenvalue weighted by molar-refractivity contribution is -0.143. The predicted molar refractivity (Wildman–Crippen MR) is 102 cm³/mol. The van der Waals surface area contributed by atoms with E-state index in [9.17, 15) is 9.59 Å². The Bertz CT molecular complexity index is 977. The molecule has 0 saturated carbocycles. The van der Waals surface area contributed by atoms with E-state index in [0.29, 0.717) is 25.2 Å². The van der Waals surface area contributed by atoms with Crippen LogP contribution in [0.2, 0.25) is 0 Å². The summed E-state index contributed by atoms with van der Waals surface area (Å²) in [5.74, 6) is -1.16. The van der Waals surface area contributed by atoms with Crippen molar-refractivity contribution in [3.8, 4) is 5.69 Å². The van der Waals surface area contributed by atoms with Crippen molar-refractivity contribution in [3.63, 3.8) is 0 Å². The van der Waals surface area contributed by atoms with Crippen molar-refractivity contribution in [1.29, 1.82) is 0 Å². The summed E-state index contributed by atoms with van der Waals surface area (Å²) in [4.78, 5) is 30.8. The number of anilines is 1. The van der Waals surface area contributed by atoms with Gasteiger partial charge in [-0.1, -0.05) is 35.9 Å². The zero-order chi connectivity index (χ0) is 18.8. The second kappa shape index (κ2) is 7.07. The highest BCUT2D eigenvalue weighted by molar-refractivity contribution is 6.39. The van der Waals surface area contributed by atoms with Crippen molar-refractivity contribution in [3.05, 3.63) is 77.9 Å². The average Bonchev–Trinajstić information content (AvgIpc) is 3.12. The van der Waals surface area contributed by atoms with Crippen LogP contribution in [0, 0.1) is 6.92 Å². The van der Waals surface area contributed by atoms with E-state index in [2.05, 4.69) is 46.1 Å². The molecule has 0 bridgehead atoms. The third-order valence-electron chi connectivity index (χ3n) is 4.74. The Morgan fingerprint density at radius 2 is 1.78 bits per heavy atom. The number of aryl methyl sites for hydroxylation is 1. The topological polar surface area (TPSA) is 67.2 Å². The van der Waals surface area contributed by atoms with Gasteiger partial charge in [-0.05, 0) is 31.2 Å². The molecule has 0 unspecified atom stereocenters. The van der Waals surface area contributed by atoms with E-state index in [0.717, 1.165) is 17.1 Å². The first-order chi connectivity index (χ1) is 13.1. The minimum absolute atomic E-state index is 0.342. The largest absolute Gasteiger partial charge is 0.328 e.